The van der Waals surface area contributed by atoms with Gasteiger partial charge in [-0.1, -0.05) is 18.2 Å². The van der Waals surface area contributed by atoms with Gasteiger partial charge in [-0.3, -0.25) is 9.63 Å². The number of hydrogen-bond donors (Lipinski definition) is 1. The Kier molecular flexibility index (Phi) is 8.17. The third-order valence-corrected chi connectivity index (χ3v) is 5.18. The van der Waals surface area contributed by atoms with Gasteiger partial charge in [-0.25, -0.2) is 15.0 Å². The number of nitriles is 1. The molecule has 1 N–H and O–H groups in total. The maximum atomic E-state index is 12.9. The predicted molar refractivity (Wildman–Crippen MR) is 123 cm³/mol. The minimum Gasteiger partial charge on any atom is -0.460 e. The number of halogens is 3. The number of hydrogen-bond acceptors (Lipinski definition) is 8. The van der Waals surface area contributed by atoms with Crippen LogP contribution < -0.4 is 10.4 Å². The second kappa shape index (κ2) is 10.9. The molecule has 188 valence electrons. The molecule has 0 amide bonds. The highest BCUT2D eigenvalue weighted by Crippen LogP contribution is 2.30. The molecule has 0 spiro atoms. The number of ether oxygens (including phenoxy) is 1. The van der Waals surface area contributed by atoms with Crippen molar-refractivity contribution >= 4 is 17.6 Å². The predicted octanol–water partition coefficient (Wildman–Crippen LogP) is 4.52. The largest absolute Gasteiger partial charge is 0.460 e. The zero-order valence-electron chi connectivity index (χ0n) is 19.9. The second-order valence-electron chi connectivity index (χ2n) is 9.18. The molecule has 1 aromatic heterocycles. The first-order chi connectivity index (χ1) is 16.4. The molecule has 1 aromatic carbocycles. The molecule has 2 heterocycles. The molecular formula is C24H28F3N5O3. The summed E-state index contributed by atoms with van der Waals surface area (Å²) in [5, 5.41) is 13.8. The topological polar surface area (TPSA) is 100 Å². The van der Waals surface area contributed by atoms with E-state index in [4.69, 9.17) is 9.57 Å². The molecule has 35 heavy (non-hydrogen) atoms. The molecule has 0 aliphatic carbocycles. The lowest BCUT2D eigenvalue weighted by Gasteiger charge is -2.25. The Morgan fingerprint density at radius 3 is 2.71 bits per heavy atom. The van der Waals surface area contributed by atoms with Crippen molar-refractivity contribution in [1.29, 1.82) is 5.26 Å². The number of anilines is 2. The van der Waals surface area contributed by atoms with Crippen LogP contribution >= 0.6 is 0 Å². The number of carbonyl (C=O) groups excluding carboxylic acids is 1. The highest BCUT2D eigenvalue weighted by Gasteiger charge is 2.31. The smallest absolute Gasteiger partial charge is 0.414 e. The molecule has 1 aliphatic rings. The van der Waals surface area contributed by atoms with Crippen LogP contribution in [0.5, 0.6) is 0 Å². The third-order valence-electron chi connectivity index (χ3n) is 5.18. The van der Waals surface area contributed by atoms with E-state index >= 15 is 0 Å². The van der Waals surface area contributed by atoms with Gasteiger partial charge in [0.05, 0.1) is 30.4 Å². The molecule has 3 rings (SSSR count). The van der Waals surface area contributed by atoms with Crippen LogP contribution in [0.1, 0.15) is 56.4 Å². The number of rotatable bonds is 7. The first-order valence-electron chi connectivity index (χ1n) is 11.2. The van der Waals surface area contributed by atoms with Crippen molar-refractivity contribution in [2.24, 2.45) is 0 Å². The maximum absolute atomic E-state index is 12.9. The fourth-order valence-corrected chi connectivity index (χ4v) is 3.67. The van der Waals surface area contributed by atoms with Gasteiger partial charge in [0, 0.05) is 18.2 Å². The van der Waals surface area contributed by atoms with E-state index in [-0.39, 0.29) is 30.4 Å². The standard InChI is InChI=1S/C24H28F3N5O3/c1-23(2,3)35-20(33)10-11-32(34-15-24(25,26)27)22-30-14-18(12-28)21(31-22)17-9-8-16-6-4-5-7-19(16)29-13-17/h4-7,14,17,29H,8-11,13,15H2,1-3H3. The lowest BCUT2D eigenvalue weighted by molar-refractivity contribution is -0.178. The fraction of sp³-hybridized carbons (Fsp3) is 0.500. The monoisotopic (exact) mass is 491 g/mol. The van der Waals surface area contributed by atoms with Gasteiger partial charge >= 0.3 is 12.1 Å². The highest BCUT2D eigenvalue weighted by atomic mass is 19.4. The van der Waals surface area contributed by atoms with Gasteiger partial charge < -0.3 is 10.1 Å². The van der Waals surface area contributed by atoms with Crippen LogP contribution in [-0.4, -0.2) is 47.4 Å². The van der Waals surface area contributed by atoms with Crippen LogP contribution in [-0.2, 0) is 20.8 Å². The minimum absolute atomic E-state index is 0.159. The molecule has 0 radical (unpaired) electrons. The van der Waals surface area contributed by atoms with E-state index in [0.29, 0.717) is 18.7 Å². The van der Waals surface area contributed by atoms with Gasteiger partial charge in [-0.05, 0) is 45.2 Å². The van der Waals surface area contributed by atoms with Gasteiger partial charge in [0.15, 0.2) is 6.61 Å². The summed E-state index contributed by atoms with van der Waals surface area (Å²) in [6.45, 7) is 3.72. The van der Waals surface area contributed by atoms with Crippen molar-refractivity contribution in [3.05, 3.63) is 47.3 Å². The van der Waals surface area contributed by atoms with E-state index in [2.05, 4.69) is 21.4 Å². The highest BCUT2D eigenvalue weighted by molar-refractivity contribution is 5.70. The van der Waals surface area contributed by atoms with Crippen LogP contribution in [0.2, 0.25) is 0 Å². The van der Waals surface area contributed by atoms with E-state index < -0.39 is 24.4 Å². The molecule has 0 fully saturated rings. The summed E-state index contributed by atoms with van der Waals surface area (Å²) in [5.41, 5.74) is 2.03. The Morgan fingerprint density at radius 1 is 1.29 bits per heavy atom. The van der Waals surface area contributed by atoms with Gasteiger partial charge in [0.25, 0.3) is 0 Å². The first-order valence-corrected chi connectivity index (χ1v) is 11.2. The summed E-state index contributed by atoms with van der Waals surface area (Å²) >= 11 is 0. The maximum Gasteiger partial charge on any atom is 0.414 e. The van der Waals surface area contributed by atoms with E-state index in [1.54, 1.807) is 20.8 Å². The number of aromatic nitrogens is 2. The molecule has 1 aliphatic heterocycles. The van der Waals surface area contributed by atoms with Crippen molar-refractivity contribution < 1.29 is 27.5 Å². The molecule has 8 nitrogen and oxygen atoms in total. The van der Waals surface area contributed by atoms with Crippen LogP contribution in [0.25, 0.3) is 0 Å². The summed E-state index contributed by atoms with van der Waals surface area (Å²) < 4.78 is 43.9. The zero-order chi connectivity index (χ0) is 25.6. The van der Waals surface area contributed by atoms with Crippen molar-refractivity contribution in [1.82, 2.24) is 9.97 Å². The molecule has 1 atom stereocenters. The SMILES string of the molecule is CC(C)(C)OC(=O)CCN(OCC(F)(F)F)c1ncc(C#N)c(C2CCc3ccccc3NC2)n1. The van der Waals surface area contributed by atoms with Crippen molar-refractivity contribution in [2.75, 3.05) is 30.1 Å². The number of fused-ring (bicyclic) bond motifs is 1. The molecule has 0 bridgehead atoms. The van der Waals surface area contributed by atoms with Crippen LogP contribution in [0.4, 0.5) is 24.8 Å². The van der Waals surface area contributed by atoms with Crippen molar-refractivity contribution in [2.45, 2.75) is 57.7 Å². The average Bonchev–Trinajstić information content (AvgIpc) is 2.99. The average molecular weight is 492 g/mol. The normalized spacial score (nSPS) is 15.9. The number of carbonyl (C=O) groups is 1. The molecule has 11 heteroatoms. The number of para-hydroxylation sites is 1. The summed E-state index contributed by atoms with van der Waals surface area (Å²) in [4.78, 5) is 25.6. The Bertz CT molecular complexity index is 1050. The zero-order valence-corrected chi connectivity index (χ0v) is 19.9. The lowest BCUT2D eigenvalue weighted by Crippen LogP contribution is -2.34. The molecule has 1 unspecified atom stereocenters. The summed E-state index contributed by atoms with van der Waals surface area (Å²) in [6, 6.07) is 9.93. The fourth-order valence-electron chi connectivity index (χ4n) is 3.67. The van der Waals surface area contributed by atoms with Gasteiger partial charge in [-0.2, -0.15) is 18.4 Å². The summed E-state index contributed by atoms with van der Waals surface area (Å²) in [7, 11) is 0. The van der Waals surface area contributed by atoms with E-state index in [9.17, 15) is 23.2 Å². The van der Waals surface area contributed by atoms with Crippen molar-refractivity contribution in [3.63, 3.8) is 0 Å². The van der Waals surface area contributed by atoms with Gasteiger partial charge in [-0.15, -0.1) is 0 Å². The molecule has 0 saturated heterocycles. The Labute approximate surface area is 202 Å². The number of esters is 1. The Morgan fingerprint density at radius 2 is 2.03 bits per heavy atom. The third kappa shape index (κ3) is 7.82. The number of nitrogens with zero attached hydrogens (tertiary/aromatic N) is 4. The summed E-state index contributed by atoms with van der Waals surface area (Å²) in [5.74, 6) is -0.944. The number of aryl methyl sites for hydroxylation is 1. The summed E-state index contributed by atoms with van der Waals surface area (Å²) in [6.07, 6.45) is -2.15. The molecule has 0 saturated carbocycles. The van der Waals surface area contributed by atoms with E-state index in [1.807, 2.05) is 24.3 Å². The Balaban J connectivity index is 1.84. The number of nitrogens with one attached hydrogen (secondary N) is 1. The lowest BCUT2D eigenvalue weighted by atomic mass is 9.95. The van der Waals surface area contributed by atoms with Crippen LogP contribution in [0, 0.1) is 11.3 Å². The van der Waals surface area contributed by atoms with Crippen LogP contribution in [0.3, 0.4) is 0 Å². The van der Waals surface area contributed by atoms with Gasteiger partial charge in [0.2, 0.25) is 5.95 Å². The van der Waals surface area contributed by atoms with E-state index in [1.165, 1.54) is 6.20 Å². The minimum atomic E-state index is -4.60. The van der Waals surface area contributed by atoms with E-state index in [0.717, 1.165) is 22.7 Å². The number of hydroxylamine groups is 1. The van der Waals surface area contributed by atoms with Crippen LogP contribution in [0.15, 0.2) is 30.5 Å². The van der Waals surface area contributed by atoms with Crippen molar-refractivity contribution in [3.8, 4) is 6.07 Å². The Hall–Kier alpha value is -3.39. The molecule has 2 aromatic rings. The molecular weight excluding hydrogens is 463 g/mol. The second-order valence-corrected chi connectivity index (χ2v) is 9.18. The number of alkyl halides is 3. The quantitative estimate of drug-likeness (QED) is 0.446. The first kappa shape index (κ1) is 26.2. The number of benzene rings is 1. The van der Waals surface area contributed by atoms with Gasteiger partial charge in [0.1, 0.15) is 11.7 Å².